The van der Waals surface area contributed by atoms with E-state index in [2.05, 4.69) is 18.0 Å². The monoisotopic (exact) mass is 369 g/mol. The molecule has 0 saturated carbocycles. The fraction of sp³-hybridized carbons (Fsp3) is 0.263. The number of aromatic nitrogens is 2. The first kappa shape index (κ1) is 16.7. The summed E-state index contributed by atoms with van der Waals surface area (Å²) >= 11 is 1.67. The van der Waals surface area contributed by atoms with Crippen LogP contribution in [0.1, 0.15) is 10.4 Å². The molecule has 1 aliphatic heterocycles. The van der Waals surface area contributed by atoms with E-state index < -0.39 is 0 Å². The van der Waals surface area contributed by atoms with Crippen molar-refractivity contribution in [1.29, 1.82) is 0 Å². The second kappa shape index (κ2) is 6.84. The number of fused-ring (bicyclic) bond motifs is 1. The van der Waals surface area contributed by atoms with E-state index >= 15 is 0 Å². The van der Waals surface area contributed by atoms with E-state index in [1.165, 1.54) is 4.88 Å². The maximum absolute atomic E-state index is 12.6. The zero-order valence-corrected chi connectivity index (χ0v) is 15.2. The highest BCUT2D eigenvalue weighted by Gasteiger charge is 2.23. The van der Waals surface area contributed by atoms with Gasteiger partial charge in [0.05, 0.1) is 12.9 Å². The van der Waals surface area contributed by atoms with Gasteiger partial charge in [-0.05, 0) is 36.8 Å². The molecule has 0 fully saturated rings. The van der Waals surface area contributed by atoms with Gasteiger partial charge >= 0.3 is 0 Å². The SMILES string of the molecule is Cc1ccc(-c2cc(O)c3c(c2)CN(C(=O)Cn2ccnc2)CCO3)s1. The van der Waals surface area contributed by atoms with Gasteiger partial charge in [0.15, 0.2) is 11.5 Å². The Hall–Kier alpha value is -2.80. The number of aryl methyl sites for hydroxylation is 1. The summed E-state index contributed by atoms with van der Waals surface area (Å²) < 4.78 is 7.48. The molecule has 0 radical (unpaired) electrons. The van der Waals surface area contributed by atoms with Crippen LogP contribution < -0.4 is 4.74 Å². The number of benzene rings is 1. The molecular weight excluding hydrogens is 350 g/mol. The summed E-state index contributed by atoms with van der Waals surface area (Å²) in [6.07, 6.45) is 5.05. The highest BCUT2D eigenvalue weighted by molar-refractivity contribution is 7.15. The van der Waals surface area contributed by atoms with E-state index in [4.69, 9.17) is 4.74 Å². The van der Waals surface area contributed by atoms with Crippen LogP contribution in [0.5, 0.6) is 11.5 Å². The first-order chi connectivity index (χ1) is 12.6. The molecule has 1 aliphatic rings. The van der Waals surface area contributed by atoms with Gasteiger partial charge < -0.3 is 19.3 Å². The fourth-order valence-electron chi connectivity index (χ4n) is 3.08. The van der Waals surface area contributed by atoms with Crippen LogP contribution in [0.2, 0.25) is 0 Å². The van der Waals surface area contributed by atoms with Gasteiger partial charge in [-0.3, -0.25) is 4.79 Å². The van der Waals surface area contributed by atoms with Gasteiger partial charge in [0.25, 0.3) is 0 Å². The van der Waals surface area contributed by atoms with Gasteiger partial charge in [-0.15, -0.1) is 11.3 Å². The lowest BCUT2D eigenvalue weighted by atomic mass is 10.1. The number of amides is 1. The van der Waals surface area contributed by atoms with Gasteiger partial charge in [-0.25, -0.2) is 4.98 Å². The molecule has 0 spiro atoms. The molecule has 3 aromatic rings. The minimum atomic E-state index is -0.00342. The van der Waals surface area contributed by atoms with Crippen molar-refractivity contribution in [2.75, 3.05) is 13.2 Å². The van der Waals surface area contributed by atoms with Crippen LogP contribution in [0.25, 0.3) is 10.4 Å². The minimum absolute atomic E-state index is 0.00342. The minimum Gasteiger partial charge on any atom is -0.504 e. The average molecular weight is 369 g/mol. The van der Waals surface area contributed by atoms with E-state index in [1.807, 2.05) is 12.1 Å². The van der Waals surface area contributed by atoms with Crippen LogP contribution in [0.4, 0.5) is 0 Å². The molecule has 0 aliphatic carbocycles. The number of imidazole rings is 1. The van der Waals surface area contributed by atoms with Gasteiger partial charge in [-0.2, -0.15) is 0 Å². The number of carbonyl (C=O) groups is 1. The van der Waals surface area contributed by atoms with Crippen molar-refractivity contribution in [3.63, 3.8) is 0 Å². The number of rotatable bonds is 3. The Labute approximate surface area is 155 Å². The average Bonchev–Trinajstić information content (AvgIpc) is 3.22. The lowest BCUT2D eigenvalue weighted by molar-refractivity contribution is -0.132. The Balaban J connectivity index is 1.62. The van der Waals surface area contributed by atoms with Crippen LogP contribution in [0.15, 0.2) is 43.0 Å². The molecule has 1 amide bonds. The molecule has 1 aromatic carbocycles. The zero-order chi connectivity index (χ0) is 18.1. The number of carbonyl (C=O) groups excluding carboxylic acids is 1. The fourth-order valence-corrected chi connectivity index (χ4v) is 3.93. The number of ether oxygens (including phenoxy) is 1. The number of phenolic OH excluding ortho intramolecular Hbond substituents is 1. The standard InChI is InChI=1S/C19H19N3O3S/c1-13-2-3-17(26-13)14-8-15-10-22(6-7-25-19(15)16(23)9-14)18(24)11-21-5-4-20-12-21/h2-5,8-9,12,23H,6-7,10-11H2,1H3. The van der Waals surface area contributed by atoms with Crippen LogP contribution >= 0.6 is 11.3 Å². The summed E-state index contributed by atoms with van der Waals surface area (Å²) in [5.41, 5.74) is 1.76. The molecule has 6 nitrogen and oxygen atoms in total. The third-order valence-corrected chi connectivity index (χ3v) is 5.42. The molecule has 7 heteroatoms. The van der Waals surface area contributed by atoms with Crippen LogP contribution in [-0.2, 0) is 17.9 Å². The summed E-state index contributed by atoms with van der Waals surface area (Å²) in [5.74, 6) is 0.587. The van der Waals surface area contributed by atoms with Gasteiger partial charge in [0.2, 0.25) is 5.91 Å². The number of thiophene rings is 1. The largest absolute Gasteiger partial charge is 0.504 e. The maximum atomic E-state index is 12.6. The van der Waals surface area contributed by atoms with Crippen molar-refractivity contribution < 1.29 is 14.6 Å². The Bertz CT molecular complexity index is 934. The molecule has 2 aromatic heterocycles. The van der Waals surface area contributed by atoms with Crippen molar-refractivity contribution in [2.24, 2.45) is 0 Å². The first-order valence-electron chi connectivity index (χ1n) is 8.39. The lowest BCUT2D eigenvalue weighted by Crippen LogP contribution is -2.34. The molecule has 0 atom stereocenters. The molecule has 0 unspecified atom stereocenters. The van der Waals surface area contributed by atoms with Gasteiger partial charge in [-0.1, -0.05) is 0 Å². The second-order valence-corrected chi connectivity index (χ2v) is 7.58. The van der Waals surface area contributed by atoms with E-state index in [-0.39, 0.29) is 18.2 Å². The number of aromatic hydroxyl groups is 1. The predicted octanol–water partition coefficient (Wildman–Crippen LogP) is 3.05. The van der Waals surface area contributed by atoms with Gasteiger partial charge in [0, 0.05) is 34.3 Å². The number of nitrogens with zero attached hydrogens (tertiary/aromatic N) is 3. The normalized spacial score (nSPS) is 13.8. The van der Waals surface area contributed by atoms with Crippen molar-refractivity contribution >= 4 is 17.2 Å². The quantitative estimate of drug-likeness (QED) is 0.771. The highest BCUT2D eigenvalue weighted by Crippen LogP contribution is 2.39. The zero-order valence-electron chi connectivity index (χ0n) is 14.4. The Morgan fingerprint density at radius 3 is 3.00 bits per heavy atom. The summed E-state index contributed by atoms with van der Waals surface area (Å²) in [5, 5.41) is 10.4. The lowest BCUT2D eigenvalue weighted by Gasteiger charge is -2.20. The Kier molecular flexibility index (Phi) is 4.38. The molecule has 0 bridgehead atoms. The molecular formula is C19H19N3O3S. The third kappa shape index (κ3) is 3.30. The van der Waals surface area contributed by atoms with Crippen LogP contribution in [-0.4, -0.2) is 38.6 Å². The molecule has 134 valence electrons. The van der Waals surface area contributed by atoms with Crippen LogP contribution in [0, 0.1) is 6.92 Å². The Morgan fingerprint density at radius 1 is 1.38 bits per heavy atom. The summed E-state index contributed by atoms with van der Waals surface area (Å²) in [7, 11) is 0. The predicted molar refractivity (Wildman–Crippen MR) is 99.3 cm³/mol. The van der Waals surface area contributed by atoms with Crippen molar-refractivity contribution in [3.8, 4) is 21.9 Å². The molecule has 1 N–H and O–H groups in total. The summed E-state index contributed by atoms with van der Waals surface area (Å²) in [4.78, 5) is 20.7. The number of hydrogen-bond acceptors (Lipinski definition) is 5. The molecule has 4 rings (SSSR count). The van der Waals surface area contributed by atoms with E-state index in [0.717, 1.165) is 16.0 Å². The van der Waals surface area contributed by atoms with E-state index in [0.29, 0.717) is 25.4 Å². The van der Waals surface area contributed by atoms with Crippen molar-refractivity contribution in [1.82, 2.24) is 14.5 Å². The van der Waals surface area contributed by atoms with E-state index in [1.54, 1.807) is 45.6 Å². The summed E-state index contributed by atoms with van der Waals surface area (Å²) in [6.45, 7) is 3.54. The van der Waals surface area contributed by atoms with E-state index in [9.17, 15) is 9.90 Å². The molecule has 26 heavy (non-hydrogen) atoms. The third-order valence-electron chi connectivity index (χ3n) is 4.37. The van der Waals surface area contributed by atoms with Crippen molar-refractivity contribution in [2.45, 2.75) is 20.0 Å². The molecule has 0 saturated heterocycles. The highest BCUT2D eigenvalue weighted by atomic mass is 32.1. The van der Waals surface area contributed by atoms with Gasteiger partial charge in [0.1, 0.15) is 13.2 Å². The first-order valence-corrected chi connectivity index (χ1v) is 9.21. The maximum Gasteiger partial charge on any atom is 0.242 e. The van der Waals surface area contributed by atoms with Crippen LogP contribution in [0.3, 0.4) is 0 Å². The molecule has 3 heterocycles. The van der Waals surface area contributed by atoms with Crippen molar-refractivity contribution in [3.05, 3.63) is 53.4 Å². The smallest absolute Gasteiger partial charge is 0.242 e. The Morgan fingerprint density at radius 2 is 2.27 bits per heavy atom. The number of phenols is 1. The second-order valence-electron chi connectivity index (χ2n) is 6.29. The summed E-state index contributed by atoms with van der Waals surface area (Å²) in [6, 6.07) is 7.83. The number of hydrogen-bond donors (Lipinski definition) is 1. The topological polar surface area (TPSA) is 67.6 Å².